The van der Waals surface area contributed by atoms with Crippen LogP contribution >= 0.6 is 0 Å². The zero-order valence-corrected chi connectivity index (χ0v) is 11.5. The van der Waals surface area contributed by atoms with Gasteiger partial charge < -0.3 is 20.6 Å². The Morgan fingerprint density at radius 1 is 1.47 bits per heavy atom. The number of amidine groups is 1. The van der Waals surface area contributed by atoms with Crippen molar-refractivity contribution in [2.75, 3.05) is 25.6 Å². The van der Waals surface area contributed by atoms with E-state index in [9.17, 15) is 0 Å². The molecule has 0 spiro atoms. The first-order valence-corrected chi connectivity index (χ1v) is 6.41. The van der Waals surface area contributed by atoms with Gasteiger partial charge in [0.15, 0.2) is 0 Å². The van der Waals surface area contributed by atoms with Gasteiger partial charge in [0, 0.05) is 37.7 Å². The number of nitrogens with zero attached hydrogens (tertiary/aromatic N) is 2. The van der Waals surface area contributed by atoms with Crippen molar-refractivity contribution in [1.29, 1.82) is 0 Å². The van der Waals surface area contributed by atoms with Crippen molar-refractivity contribution >= 4 is 11.5 Å². The van der Waals surface area contributed by atoms with Gasteiger partial charge in [-0.25, -0.2) is 0 Å². The average molecular weight is 263 g/mol. The van der Waals surface area contributed by atoms with Crippen LogP contribution in [-0.2, 0) is 0 Å². The Bertz CT molecular complexity index is 468. The molecule has 0 bridgehead atoms. The minimum Gasteiger partial charge on any atom is -0.493 e. The van der Waals surface area contributed by atoms with E-state index in [2.05, 4.69) is 5.16 Å². The fourth-order valence-corrected chi connectivity index (χ4v) is 2.06. The van der Waals surface area contributed by atoms with Gasteiger partial charge in [0.2, 0.25) is 0 Å². The first-order valence-electron chi connectivity index (χ1n) is 6.41. The topological polar surface area (TPSA) is 71.1 Å². The Morgan fingerprint density at radius 2 is 2.21 bits per heavy atom. The molecule has 5 heteroatoms. The van der Waals surface area contributed by atoms with Gasteiger partial charge in [0.1, 0.15) is 11.6 Å². The molecule has 1 aromatic carbocycles. The Kier molecular flexibility index (Phi) is 3.83. The third-order valence-electron chi connectivity index (χ3n) is 3.52. The highest BCUT2D eigenvalue weighted by molar-refractivity contribution is 5.80. The van der Waals surface area contributed by atoms with E-state index >= 15 is 0 Å². The molecular formula is C14H21N3O2. The van der Waals surface area contributed by atoms with Crippen molar-refractivity contribution in [2.24, 2.45) is 16.3 Å². The number of anilines is 1. The Hall–Kier alpha value is -1.91. The molecule has 0 aliphatic heterocycles. The van der Waals surface area contributed by atoms with Crippen LogP contribution in [0.4, 0.5) is 5.69 Å². The summed E-state index contributed by atoms with van der Waals surface area (Å²) in [6.07, 6.45) is 2.73. The highest BCUT2D eigenvalue weighted by atomic mass is 16.5. The Balaban J connectivity index is 1.94. The summed E-state index contributed by atoms with van der Waals surface area (Å²) < 4.78 is 5.85. The third-order valence-corrected chi connectivity index (χ3v) is 3.52. The van der Waals surface area contributed by atoms with Gasteiger partial charge in [-0.05, 0) is 25.0 Å². The molecule has 1 aliphatic rings. The number of ether oxygens (including phenoxy) is 1. The van der Waals surface area contributed by atoms with E-state index in [1.54, 1.807) is 0 Å². The van der Waals surface area contributed by atoms with E-state index in [4.69, 9.17) is 15.7 Å². The quantitative estimate of drug-likeness (QED) is 0.356. The molecule has 0 heterocycles. The minimum absolute atomic E-state index is 0.0600. The summed E-state index contributed by atoms with van der Waals surface area (Å²) in [6, 6.07) is 7.98. The van der Waals surface area contributed by atoms with Gasteiger partial charge in [-0.1, -0.05) is 11.2 Å². The summed E-state index contributed by atoms with van der Waals surface area (Å²) in [6.45, 7) is 0.611. The number of hydrogen-bond acceptors (Lipinski definition) is 4. The summed E-state index contributed by atoms with van der Waals surface area (Å²) in [5.74, 6) is 1.14. The Labute approximate surface area is 113 Å². The molecule has 0 amide bonds. The van der Waals surface area contributed by atoms with Crippen molar-refractivity contribution in [1.82, 2.24) is 0 Å². The van der Waals surface area contributed by atoms with Crippen LogP contribution in [0.2, 0.25) is 0 Å². The summed E-state index contributed by atoms with van der Waals surface area (Å²) in [5, 5.41) is 11.7. The molecule has 1 fully saturated rings. The second-order valence-corrected chi connectivity index (χ2v) is 5.45. The zero-order valence-electron chi connectivity index (χ0n) is 11.5. The van der Waals surface area contributed by atoms with Crippen LogP contribution < -0.4 is 15.4 Å². The van der Waals surface area contributed by atoms with Crippen molar-refractivity contribution in [2.45, 2.75) is 19.3 Å². The molecule has 0 unspecified atom stereocenters. The maximum Gasteiger partial charge on any atom is 0.139 e. The number of oxime groups is 1. The summed E-state index contributed by atoms with van der Waals surface area (Å²) in [4.78, 5) is 2.04. The fourth-order valence-electron chi connectivity index (χ4n) is 2.06. The van der Waals surface area contributed by atoms with Gasteiger partial charge in [0.25, 0.3) is 0 Å². The smallest absolute Gasteiger partial charge is 0.139 e. The molecule has 0 saturated heterocycles. The monoisotopic (exact) mass is 263 g/mol. The first-order chi connectivity index (χ1) is 9.04. The summed E-state index contributed by atoms with van der Waals surface area (Å²) >= 11 is 0. The van der Waals surface area contributed by atoms with Crippen LogP contribution in [0.3, 0.4) is 0 Å². The lowest BCUT2D eigenvalue weighted by Crippen LogP contribution is -2.22. The van der Waals surface area contributed by atoms with Crippen LogP contribution in [-0.4, -0.2) is 31.7 Å². The molecule has 0 atom stereocenters. The lowest BCUT2D eigenvalue weighted by atomic mass is 10.0. The van der Waals surface area contributed by atoms with Crippen LogP contribution in [0.15, 0.2) is 29.4 Å². The third kappa shape index (κ3) is 3.53. The predicted octanol–water partition coefficient (Wildman–Crippen LogP) is 2.05. The normalized spacial score (nSPS) is 17.1. The van der Waals surface area contributed by atoms with Crippen molar-refractivity contribution < 1.29 is 9.94 Å². The molecule has 3 N–H and O–H groups in total. The summed E-state index contributed by atoms with van der Waals surface area (Å²) in [5.41, 5.74) is 6.74. The lowest BCUT2D eigenvalue weighted by molar-refractivity contribution is 0.236. The van der Waals surface area contributed by atoms with Crippen molar-refractivity contribution in [3.8, 4) is 5.75 Å². The number of rotatable bonds is 6. The lowest BCUT2D eigenvalue weighted by Gasteiger charge is -2.17. The minimum atomic E-state index is 0.0600. The van der Waals surface area contributed by atoms with E-state index in [1.807, 2.05) is 43.3 Å². The van der Waals surface area contributed by atoms with Gasteiger partial charge >= 0.3 is 0 Å². The number of nitrogens with two attached hydrogens (primary N) is 1. The average Bonchev–Trinajstić information content (AvgIpc) is 3.17. The molecule has 0 radical (unpaired) electrons. The van der Waals surface area contributed by atoms with E-state index in [0.29, 0.717) is 13.0 Å². The molecule has 1 aliphatic carbocycles. The molecule has 2 rings (SSSR count). The van der Waals surface area contributed by atoms with E-state index in [1.165, 1.54) is 0 Å². The number of benzene rings is 1. The molecule has 1 aromatic rings. The summed E-state index contributed by atoms with van der Waals surface area (Å²) in [7, 11) is 4.00. The van der Waals surface area contributed by atoms with Crippen LogP contribution in [0.5, 0.6) is 5.75 Å². The van der Waals surface area contributed by atoms with Crippen molar-refractivity contribution in [3.05, 3.63) is 24.3 Å². The van der Waals surface area contributed by atoms with Crippen LogP contribution in [0.25, 0.3) is 0 Å². The van der Waals surface area contributed by atoms with Gasteiger partial charge in [-0.15, -0.1) is 0 Å². The SMILES string of the molecule is CN(C)c1cccc(OCC2(CC(N)=NO)CC2)c1. The molecule has 0 aromatic heterocycles. The maximum atomic E-state index is 8.63. The molecule has 5 nitrogen and oxygen atoms in total. The standard InChI is InChI=1S/C14H21N3O2/c1-17(2)11-4-3-5-12(8-11)19-10-14(6-7-14)9-13(15)16-18/h3-5,8,18H,6-7,9-10H2,1-2H3,(H2,15,16). The van der Waals surface area contributed by atoms with Gasteiger partial charge in [-0.3, -0.25) is 0 Å². The zero-order chi connectivity index (χ0) is 13.9. The largest absolute Gasteiger partial charge is 0.493 e. The highest BCUT2D eigenvalue weighted by Crippen LogP contribution is 2.49. The molecule has 104 valence electrons. The van der Waals surface area contributed by atoms with E-state index in [0.717, 1.165) is 24.3 Å². The maximum absolute atomic E-state index is 8.63. The Morgan fingerprint density at radius 3 is 2.79 bits per heavy atom. The fraction of sp³-hybridized carbons (Fsp3) is 0.500. The second kappa shape index (κ2) is 5.38. The second-order valence-electron chi connectivity index (χ2n) is 5.45. The molecule has 1 saturated carbocycles. The van der Waals surface area contributed by atoms with Gasteiger partial charge in [-0.2, -0.15) is 0 Å². The van der Waals surface area contributed by atoms with Crippen LogP contribution in [0.1, 0.15) is 19.3 Å². The van der Waals surface area contributed by atoms with E-state index in [-0.39, 0.29) is 11.3 Å². The molecule has 19 heavy (non-hydrogen) atoms. The van der Waals surface area contributed by atoms with E-state index < -0.39 is 0 Å². The van der Waals surface area contributed by atoms with Gasteiger partial charge in [0.05, 0.1) is 6.61 Å². The van der Waals surface area contributed by atoms with Crippen molar-refractivity contribution in [3.63, 3.8) is 0 Å². The van der Waals surface area contributed by atoms with Crippen LogP contribution in [0, 0.1) is 5.41 Å². The highest BCUT2D eigenvalue weighted by Gasteiger charge is 2.44. The first kappa shape index (κ1) is 13.5. The number of hydrogen-bond donors (Lipinski definition) is 2. The molecular weight excluding hydrogens is 242 g/mol. The predicted molar refractivity (Wildman–Crippen MR) is 76.0 cm³/mol.